The maximum absolute atomic E-state index is 9.87. The van der Waals surface area contributed by atoms with Crippen LogP contribution in [0.3, 0.4) is 0 Å². The lowest BCUT2D eigenvalue weighted by Crippen LogP contribution is -1.92. The van der Waals surface area contributed by atoms with Gasteiger partial charge in [-0.05, 0) is 59.7 Å². The summed E-state index contributed by atoms with van der Waals surface area (Å²) in [7, 11) is 0. The van der Waals surface area contributed by atoms with Crippen LogP contribution < -0.4 is 0 Å². The standard InChI is InChI=1S/C17H18O3/c1-10-6-13(8-14(9-18)17(10)20)11-2-4-15-12(7-11)3-5-16(15)19/h2,4,6-8,16,18-20H,3,5,9H2,1H3. The highest BCUT2D eigenvalue weighted by molar-refractivity contribution is 5.69. The third-order valence-corrected chi connectivity index (χ3v) is 4.07. The molecule has 1 atom stereocenters. The van der Waals surface area contributed by atoms with Gasteiger partial charge in [0.2, 0.25) is 0 Å². The van der Waals surface area contributed by atoms with Crippen molar-refractivity contribution in [2.24, 2.45) is 0 Å². The number of aliphatic hydroxyl groups is 2. The predicted octanol–water partition coefficient (Wildman–Crippen LogP) is 2.84. The maximum Gasteiger partial charge on any atom is 0.124 e. The Balaban J connectivity index is 2.08. The van der Waals surface area contributed by atoms with E-state index in [9.17, 15) is 15.3 Å². The summed E-state index contributed by atoms with van der Waals surface area (Å²) in [5, 5.41) is 29.0. The molecule has 0 amide bonds. The van der Waals surface area contributed by atoms with Gasteiger partial charge in [-0.15, -0.1) is 0 Å². The molecule has 0 bridgehead atoms. The SMILES string of the molecule is Cc1cc(-c2ccc3c(c2)CCC3O)cc(CO)c1O. The molecule has 0 spiro atoms. The molecule has 0 saturated carbocycles. The molecule has 3 heteroatoms. The molecular formula is C17H18O3. The van der Waals surface area contributed by atoms with Crippen LogP contribution >= 0.6 is 0 Å². The summed E-state index contributed by atoms with van der Waals surface area (Å²) in [6.45, 7) is 1.65. The van der Waals surface area contributed by atoms with Crippen LogP contribution in [0.1, 0.15) is 34.8 Å². The molecule has 3 nitrogen and oxygen atoms in total. The molecule has 1 aliphatic carbocycles. The molecule has 3 rings (SSSR count). The molecule has 3 N–H and O–H groups in total. The first-order valence-corrected chi connectivity index (χ1v) is 6.84. The number of phenols is 1. The average Bonchev–Trinajstić information content (AvgIpc) is 2.83. The highest BCUT2D eigenvalue weighted by Gasteiger charge is 2.20. The van der Waals surface area contributed by atoms with Crippen molar-refractivity contribution in [2.45, 2.75) is 32.5 Å². The minimum Gasteiger partial charge on any atom is -0.507 e. The van der Waals surface area contributed by atoms with E-state index < -0.39 is 0 Å². The zero-order valence-electron chi connectivity index (χ0n) is 11.4. The first kappa shape index (κ1) is 13.2. The molecule has 0 fully saturated rings. The zero-order chi connectivity index (χ0) is 14.3. The van der Waals surface area contributed by atoms with Crippen molar-refractivity contribution in [2.75, 3.05) is 0 Å². The molecule has 2 aromatic rings. The van der Waals surface area contributed by atoms with Crippen LogP contribution in [0.15, 0.2) is 30.3 Å². The van der Waals surface area contributed by atoms with Crippen molar-refractivity contribution >= 4 is 0 Å². The van der Waals surface area contributed by atoms with E-state index in [0.717, 1.165) is 35.1 Å². The molecule has 0 aromatic heterocycles. The van der Waals surface area contributed by atoms with Crippen molar-refractivity contribution in [3.05, 3.63) is 52.6 Å². The molecule has 0 saturated heterocycles. The number of benzene rings is 2. The van der Waals surface area contributed by atoms with E-state index in [-0.39, 0.29) is 18.5 Å². The molecule has 0 radical (unpaired) electrons. The number of hydrogen-bond donors (Lipinski definition) is 3. The Labute approximate surface area is 118 Å². The van der Waals surface area contributed by atoms with E-state index in [0.29, 0.717) is 5.56 Å². The largest absolute Gasteiger partial charge is 0.507 e. The summed E-state index contributed by atoms with van der Waals surface area (Å²) in [5.74, 6) is 0.160. The van der Waals surface area contributed by atoms with Crippen LogP contribution in [0.5, 0.6) is 5.75 Å². The van der Waals surface area contributed by atoms with Crippen LogP contribution in [0.4, 0.5) is 0 Å². The van der Waals surface area contributed by atoms with Crippen molar-refractivity contribution in [3.63, 3.8) is 0 Å². The van der Waals surface area contributed by atoms with E-state index in [4.69, 9.17) is 0 Å². The van der Waals surface area contributed by atoms with Crippen LogP contribution in [-0.4, -0.2) is 15.3 Å². The van der Waals surface area contributed by atoms with Gasteiger partial charge in [0.25, 0.3) is 0 Å². The molecule has 2 aromatic carbocycles. The fourth-order valence-corrected chi connectivity index (χ4v) is 2.91. The van der Waals surface area contributed by atoms with E-state index in [1.807, 2.05) is 31.2 Å². The van der Waals surface area contributed by atoms with Crippen LogP contribution in [-0.2, 0) is 13.0 Å². The Morgan fingerprint density at radius 2 is 1.95 bits per heavy atom. The second kappa shape index (κ2) is 4.93. The van der Waals surface area contributed by atoms with Crippen molar-refractivity contribution in [1.82, 2.24) is 0 Å². The highest BCUT2D eigenvalue weighted by Crippen LogP contribution is 2.35. The lowest BCUT2D eigenvalue weighted by molar-refractivity contribution is 0.180. The topological polar surface area (TPSA) is 60.7 Å². The number of aryl methyl sites for hydroxylation is 2. The third kappa shape index (κ3) is 2.09. The minimum atomic E-state index is -0.339. The van der Waals surface area contributed by atoms with Gasteiger partial charge in [0, 0.05) is 5.56 Å². The van der Waals surface area contributed by atoms with E-state index in [1.165, 1.54) is 5.56 Å². The molecule has 0 heterocycles. The zero-order valence-corrected chi connectivity index (χ0v) is 11.4. The van der Waals surface area contributed by atoms with Gasteiger partial charge in [-0.2, -0.15) is 0 Å². The summed E-state index contributed by atoms with van der Waals surface area (Å²) in [5.41, 5.74) is 5.54. The normalized spacial score (nSPS) is 17.2. The first-order valence-electron chi connectivity index (χ1n) is 6.84. The van der Waals surface area contributed by atoms with E-state index >= 15 is 0 Å². The Bertz CT molecular complexity index is 662. The van der Waals surface area contributed by atoms with Gasteiger partial charge >= 0.3 is 0 Å². The predicted molar refractivity (Wildman–Crippen MR) is 77.5 cm³/mol. The maximum atomic E-state index is 9.87. The smallest absolute Gasteiger partial charge is 0.124 e. The van der Waals surface area contributed by atoms with Gasteiger partial charge < -0.3 is 15.3 Å². The summed E-state index contributed by atoms with van der Waals surface area (Å²) < 4.78 is 0. The molecule has 1 aliphatic rings. The molecule has 104 valence electrons. The fraction of sp³-hybridized carbons (Fsp3) is 0.294. The molecule has 0 aliphatic heterocycles. The van der Waals surface area contributed by atoms with Gasteiger partial charge in [-0.1, -0.05) is 18.2 Å². The number of rotatable bonds is 2. The lowest BCUT2D eigenvalue weighted by atomic mass is 9.96. The Hall–Kier alpha value is -1.84. The lowest BCUT2D eigenvalue weighted by Gasteiger charge is -2.11. The van der Waals surface area contributed by atoms with Gasteiger partial charge in [-0.25, -0.2) is 0 Å². The monoisotopic (exact) mass is 270 g/mol. The van der Waals surface area contributed by atoms with Gasteiger partial charge in [-0.3, -0.25) is 0 Å². The fourth-order valence-electron chi connectivity index (χ4n) is 2.91. The average molecular weight is 270 g/mol. The quantitative estimate of drug-likeness (QED) is 0.786. The Morgan fingerprint density at radius 1 is 1.15 bits per heavy atom. The van der Waals surface area contributed by atoms with Crippen molar-refractivity contribution < 1.29 is 15.3 Å². The second-order valence-corrected chi connectivity index (χ2v) is 5.43. The number of fused-ring (bicyclic) bond motifs is 1. The van der Waals surface area contributed by atoms with Crippen LogP contribution in [0, 0.1) is 6.92 Å². The Morgan fingerprint density at radius 3 is 2.70 bits per heavy atom. The number of aromatic hydroxyl groups is 1. The van der Waals surface area contributed by atoms with Gasteiger partial charge in [0.05, 0.1) is 12.7 Å². The first-order chi connectivity index (χ1) is 9.60. The minimum absolute atomic E-state index is 0.160. The number of aliphatic hydroxyl groups excluding tert-OH is 2. The van der Waals surface area contributed by atoms with Crippen LogP contribution in [0.2, 0.25) is 0 Å². The van der Waals surface area contributed by atoms with Crippen molar-refractivity contribution in [3.8, 4) is 16.9 Å². The summed E-state index contributed by atoms with van der Waals surface area (Å²) >= 11 is 0. The molecule has 20 heavy (non-hydrogen) atoms. The second-order valence-electron chi connectivity index (χ2n) is 5.43. The van der Waals surface area contributed by atoms with Gasteiger partial charge in [0.1, 0.15) is 5.75 Å². The summed E-state index contributed by atoms with van der Waals surface area (Å²) in [6.07, 6.45) is 1.34. The summed E-state index contributed by atoms with van der Waals surface area (Å²) in [4.78, 5) is 0. The summed E-state index contributed by atoms with van der Waals surface area (Å²) in [6, 6.07) is 9.79. The third-order valence-electron chi connectivity index (χ3n) is 4.07. The van der Waals surface area contributed by atoms with Gasteiger partial charge in [0.15, 0.2) is 0 Å². The highest BCUT2D eigenvalue weighted by atomic mass is 16.3. The van der Waals surface area contributed by atoms with E-state index in [2.05, 4.69) is 6.07 Å². The van der Waals surface area contributed by atoms with E-state index in [1.54, 1.807) is 0 Å². The Kier molecular flexibility index (Phi) is 3.24. The van der Waals surface area contributed by atoms with Crippen molar-refractivity contribution in [1.29, 1.82) is 0 Å². The number of hydrogen-bond acceptors (Lipinski definition) is 3. The molecular weight excluding hydrogens is 252 g/mol. The van der Waals surface area contributed by atoms with Crippen LogP contribution in [0.25, 0.3) is 11.1 Å². The molecule has 1 unspecified atom stereocenters.